The van der Waals surface area contributed by atoms with Crippen LogP contribution in [0.4, 0.5) is 11.4 Å². The lowest BCUT2D eigenvalue weighted by Crippen LogP contribution is -2.49. The van der Waals surface area contributed by atoms with E-state index in [1.807, 2.05) is 30.3 Å². The van der Waals surface area contributed by atoms with Crippen molar-refractivity contribution in [2.24, 2.45) is 5.41 Å². The lowest BCUT2D eigenvalue weighted by atomic mass is 9.88. The number of carbonyl (C=O) groups excluding carboxylic acids is 2. The second-order valence-electron chi connectivity index (χ2n) is 6.96. The predicted octanol–water partition coefficient (Wildman–Crippen LogP) is 3.50. The third-order valence-corrected chi connectivity index (χ3v) is 4.73. The molecule has 0 unspecified atom stereocenters. The molecule has 0 aliphatic carbocycles. The Balaban J connectivity index is 1.79. The van der Waals surface area contributed by atoms with E-state index in [-0.39, 0.29) is 11.8 Å². The van der Waals surface area contributed by atoms with Gasteiger partial charge in [0, 0.05) is 17.9 Å². The number of nitrogens with one attached hydrogen (secondary N) is 1. The summed E-state index contributed by atoms with van der Waals surface area (Å²) in [5.74, 6) is -0.578. The Morgan fingerprint density at radius 3 is 2.50 bits per heavy atom. The molecule has 0 saturated carbocycles. The van der Waals surface area contributed by atoms with Gasteiger partial charge in [0.05, 0.1) is 11.6 Å². The molecule has 2 amide bonds. The van der Waals surface area contributed by atoms with E-state index in [0.717, 1.165) is 24.1 Å². The molecule has 3 rings (SSSR count). The molecule has 0 saturated heterocycles. The van der Waals surface area contributed by atoms with Crippen LogP contribution in [-0.4, -0.2) is 18.4 Å². The lowest BCUT2D eigenvalue weighted by Gasteiger charge is -2.35. The summed E-state index contributed by atoms with van der Waals surface area (Å²) in [5.41, 5.74) is 1.90. The van der Waals surface area contributed by atoms with E-state index in [1.165, 1.54) is 0 Å². The van der Waals surface area contributed by atoms with Gasteiger partial charge in [0.25, 0.3) is 0 Å². The normalized spacial score (nSPS) is 13.5. The Kier molecular flexibility index (Phi) is 4.77. The number of fused-ring (bicyclic) bond motifs is 1. The van der Waals surface area contributed by atoms with E-state index >= 15 is 0 Å². The van der Waals surface area contributed by atoms with Crippen LogP contribution < -0.4 is 10.2 Å². The summed E-state index contributed by atoms with van der Waals surface area (Å²) in [5, 5.41) is 11.6. The molecule has 2 aromatic rings. The monoisotopic (exact) mass is 347 g/mol. The van der Waals surface area contributed by atoms with Gasteiger partial charge in [0.1, 0.15) is 5.41 Å². The topological polar surface area (TPSA) is 73.2 Å². The molecule has 2 aromatic carbocycles. The third kappa shape index (κ3) is 3.31. The second-order valence-corrected chi connectivity index (χ2v) is 6.96. The van der Waals surface area contributed by atoms with E-state index in [4.69, 9.17) is 5.26 Å². The Hall–Kier alpha value is -3.13. The van der Waals surface area contributed by atoms with Gasteiger partial charge in [-0.2, -0.15) is 5.26 Å². The molecule has 132 valence electrons. The maximum absolute atomic E-state index is 13.1. The number of hydrogen-bond acceptors (Lipinski definition) is 3. The molecule has 5 heteroatoms. The molecule has 1 aliphatic heterocycles. The number of nitrogens with zero attached hydrogens (tertiary/aromatic N) is 2. The average molecular weight is 347 g/mol. The standard InChI is InChI=1S/C21H21N3O2/c1-21(2,19(25)23-17-11-9-15(14-22)10-12-17)20(26)24-13-5-7-16-6-3-4-8-18(16)24/h3-4,6,8-12H,5,7,13H2,1-2H3,(H,23,25). The number of aryl methyl sites for hydroxylation is 1. The molecular weight excluding hydrogens is 326 g/mol. The van der Waals surface area contributed by atoms with Crippen molar-refractivity contribution in [1.82, 2.24) is 0 Å². The van der Waals surface area contributed by atoms with Gasteiger partial charge in [0.2, 0.25) is 11.8 Å². The number of carbonyl (C=O) groups is 2. The van der Waals surface area contributed by atoms with Crippen LogP contribution in [0.25, 0.3) is 0 Å². The van der Waals surface area contributed by atoms with Crippen LogP contribution in [0, 0.1) is 16.7 Å². The van der Waals surface area contributed by atoms with Gasteiger partial charge in [-0.05, 0) is 62.6 Å². The van der Waals surface area contributed by atoms with Gasteiger partial charge >= 0.3 is 0 Å². The highest BCUT2D eigenvalue weighted by Gasteiger charge is 2.40. The first-order chi connectivity index (χ1) is 12.4. The number of benzene rings is 2. The summed E-state index contributed by atoms with van der Waals surface area (Å²) in [6.45, 7) is 3.90. The second kappa shape index (κ2) is 7.01. The van der Waals surface area contributed by atoms with Crippen LogP contribution in [0.5, 0.6) is 0 Å². The fourth-order valence-corrected chi connectivity index (χ4v) is 3.09. The van der Waals surface area contributed by atoms with Gasteiger partial charge in [-0.15, -0.1) is 0 Å². The molecule has 0 fully saturated rings. The SMILES string of the molecule is CC(C)(C(=O)Nc1ccc(C#N)cc1)C(=O)N1CCCc2ccccc21. The first-order valence-electron chi connectivity index (χ1n) is 8.65. The van der Waals surface area contributed by atoms with E-state index in [1.54, 1.807) is 43.0 Å². The highest BCUT2D eigenvalue weighted by atomic mass is 16.2. The molecule has 1 N–H and O–H groups in total. The molecule has 0 bridgehead atoms. The first-order valence-corrected chi connectivity index (χ1v) is 8.65. The summed E-state index contributed by atoms with van der Waals surface area (Å²) in [4.78, 5) is 27.6. The van der Waals surface area contributed by atoms with Crippen molar-refractivity contribution in [3.05, 3.63) is 59.7 Å². The van der Waals surface area contributed by atoms with E-state index in [2.05, 4.69) is 5.32 Å². The summed E-state index contributed by atoms with van der Waals surface area (Å²) in [6.07, 6.45) is 1.83. The molecule has 1 heterocycles. The summed E-state index contributed by atoms with van der Waals surface area (Å²) in [6, 6.07) is 16.5. The Morgan fingerprint density at radius 2 is 1.81 bits per heavy atom. The molecule has 0 radical (unpaired) electrons. The molecule has 5 nitrogen and oxygen atoms in total. The van der Waals surface area contributed by atoms with Crippen LogP contribution >= 0.6 is 0 Å². The van der Waals surface area contributed by atoms with E-state index in [9.17, 15) is 9.59 Å². The Bertz CT molecular complexity index is 879. The zero-order valence-electron chi connectivity index (χ0n) is 15.0. The van der Waals surface area contributed by atoms with Crippen molar-refractivity contribution in [1.29, 1.82) is 5.26 Å². The van der Waals surface area contributed by atoms with Crippen LogP contribution in [0.15, 0.2) is 48.5 Å². The fraction of sp³-hybridized carbons (Fsp3) is 0.286. The highest BCUT2D eigenvalue weighted by molar-refractivity contribution is 6.15. The van der Waals surface area contributed by atoms with Crippen molar-refractivity contribution in [2.75, 3.05) is 16.8 Å². The first kappa shape index (κ1) is 17.7. The fourth-order valence-electron chi connectivity index (χ4n) is 3.09. The van der Waals surface area contributed by atoms with E-state index < -0.39 is 5.41 Å². The highest BCUT2D eigenvalue weighted by Crippen LogP contribution is 2.31. The van der Waals surface area contributed by atoms with Gasteiger partial charge in [-0.1, -0.05) is 18.2 Å². The zero-order chi connectivity index (χ0) is 18.7. The van der Waals surface area contributed by atoms with Crippen molar-refractivity contribution in [3.63, 3.8) is 0 Å². The molecule has 1 aliphatic rings. The summed E-state index contributed by atoms with van der Waals surface area (Å²) in [7, 11) is 0. The summed E-state index contributed by atoms with van der Waals surface area (Å²) >= 11 is 0. The van der Waals surface area contributed by atoms with Crippen molar-refractivity contribution < 1.29 is 9.59 Å². The summed E-state index contributed by atoms with van der Waals surface area (Å²) < 4.78 is 0. The minimum Gasteiger partial charge on any atom is -0.325 e. The van der Waals surface area contributed by atoms with E-state index in [0.29, 0.717) is 17.8 Å². The average Bonchev–Trinajstić information content (AvgIpc) is 2.67. The Morgan fingerprint density at radius 1 is 1.12 bits per heavy atom. The van der Waals surface area contributed by atoms with Crippen molar-refractivity contribution in [3.8, 4) is 6.07 Å². The van der Waals surface area contributed by atoms with Crippen LogP contribution in [0.1, 0.15) is 31.4 Å². The number of hydrogen-bond donors (Lipinski definition) is 1. The molecule has 26 heavy (non-hydrogen) atoms. The van der Waals surface area contributed by atoms with Gasteiger partial charge in [-0.3, -0.25) is 9.59 Å². The number of para-hydroxylation sites is 1. The lowest BCUT2D eigenvalue weighted by molar-refractivity contribution is -0.136. The maximum atomic E-state index is 13.1. The molecule has 0 spiro atoms. The van der Waals surface area contributed by atoms with Crippen LogP contribution in [0.2, 0.25) is 0 Å². The van der Waals surface area contributed by atoms with Crippen LogP contribution in [-0.2, 0) is 16.0 Å². The smallest absolute Gasteiger partial charge is 0.242 e. The van der Waals surface area contributed by atoms with Gasteiger partial charge in [-0.25, -0.2) is 0 Å². The minimum absolute atomic E-state index is 0.212. The predicted molar refractivity (Wildman–Crippen MR) is 101 cm³/mol. The number of anilines is 2. The third-order valence-electron chi connectivity index (χ3n) is 4.73. The number of rotatable bonds is 3. The van der Waals surface area contributed by atoms with Gasteiger partial charge < -0.3 is 10.2 Å². The minimum atomic E-state index is -1.21. The van der Waals surface area contributed by atoms with Crippen molar-refractivity contribution >= 4 is 23.2 Å². The Labute approximate surface area is 153 Å². The molecular formula is C21H21N3O2. The van der Waals surface area contributed by atoms with Crippen molar-refractivity contribution in [2.45, 2.75) is 26.7 Å². The quantitative estimate of drug-likeness (QED) is 0.864. The largest absolute Gasteiger partial charge is 0.325 e. The number of nitriles is 1. The molecule has 0 aromatic heterocycles. The zero-order valence-corrected chi connectivity index (χ0v) is 15.0. The van der Waals surface area contributed by atoms with Gasteiger partial charge in [0.15, 0.2) is 0 Å². The number of amides is 2. The van der Waals surface area contributed by atoms with Crippen LogP contribution in [0.3, 0.4) is 0 Å². The molecule has 0 atom stereocenters. The maximum Gasteiger partial charge on any atom is 0.242 e.